The molecule has 1 atom stereocenters. The lowest BCUT2D eigenvalue weighted by Crippen LogP contribution is -2.44. The quantitative estimate of drug-likeness (QED) is 0.157. The molecule has 5 aromatic rings. The van der Waals surface area contributed by atoms with Crippen LogP contribution in [0.4, 0.5) is 5.69 Å². The molecular weight excluding hydrogens is 706 g/mol. The Hall–Kier alpha value is -6.33. The maximum Gasteiger partial charge on any atom is 0.338 e. The average Bonchev–Trinajstić information content (AvgIpc) is 3.35. The van der Waals surface area contributed by atoms with Gasteiger partial charge in [0.1, 0.15) is 12.4 Å². The van der Waals surface area contributed by atoms with Crippen molar-refractivity contribution in [3.05, 3.63) is 123 Å². The zero-order chi connectivity index (χ0) is 36.4. The number of anilines is 1. The molecule has 0 saturated carbocycles. The second-order valence-electron chi connectivity index (χ2n) is 10.9. The Morgan fingerprint density at radius 3 is 2.20 bits per heavy atom. The first-order chi connectivity index (χ1) is 24.4. The minimum atomic E-state index is -4.30. The molecule has 1 unspecified atom stereocenters. The van der Waals surface area contributed by atoms with Gasteiger partial charge in [0.25, 0.3) is 33.3 Å². The summed E-state index contributed by atoms with van der Waals surface area (Å²) in [5.41, 5.74) is -1.20. The Bertz CT molecular complexity index is 2400. The van der Waals surface area contributed by atoms with Crippen LogP contribution in [0.3, 0.4) is 0 Å². The van der Waals surface area contributed by atoms with E-state index in [4.69, 9.17) is 16.3 Å². The number of carbonyl (C=O) groups excluding carboxylic acids is 5. The number of esters is 1. The number of benzene rings is 3. The third-order valence-electron chi connectivity index (χ3n) is 7.54. The summed E-state index contributed by atoms with van der Waals surface area (Å²) in [6.45, 7) is 0.211. The smallest absolute Gasteiger partial charge is 0.338 e. The van der Waals surface area contributed by atoms with E-state index in [1.807, 2.05) is 0 Å². The van der Waals surface area contributed by atoms with Crippen molar-refractivity contribution < 1.29 is 37.1 Å². The molecule has 4 amide bonds. The molecule has 18 heteroatoms. The Labute approximate surface area is 293 Å². The van der Waals surface area contributed by atoms with Gasteiger partial charge in [0.15, 0.2) is 17.2 Å². The number of amides is 4. The SMILES string of the molecule is CC(=O)NS(=O)(=O)c1ccc(NC(=O)C(c2nc3nccnc3c(=O)n2CCOC(=O)c2ccccc2)N2C(=O)c3ccccc3C2=O)c(Cl)c1. The summed E-state index contributed by atoms with van der Waals surface area (Å²) in [5.74, 6) is -4.83. The normalized spacial score (nSPS) is 13.1. The van der Waals surface area contributed by atoms with Gasteiger partial charge in [0.2, 0.25) is 5.91 Å². The third-order valence-corrected chi connectivity index (χ3v) is 9.29. The summed E-state index contributed by atoms with van der Waals surface area (Å²) in [6.07, 6.45) is 2.50. The molecule has 2 aromatic heterocycles. The highest BCUT2D eigenvalue weighted by molar-refractivity contribution is 7.90. The molecule has 0 spiro atoms. The van der Waals surface area contributed by atoms with Crippen LogP contribution < -0.4 is 15.6 Å². The van der Waals surface area contributed by atoms with Crippen LogP contribution in [0.25, 0.3) is 11.2 Å². The van der Waals surface area contributed by atoms with Gasteiger partial charge in [-0.05, 0) is 42.5 Å². The van der Waals surface area contributed by atoms with Gasteiger partial charge < -0.3 is 10.1 Å². The number of sulfonamides is 1. The maximum absolute atomic E-state index is 14.3. The molecule has 3 heterocycles. The minimum absolute atomic E-state index is 0.0165. The van der Waals surface area contributed by atoms with E-state index in [0.717, 1.165) is 29.7 Å². The molecule has 0 bridgehead atoms. The van der Waals surface area contributed by atoms with Gasteiger partial charge in [0, 0.05) is 19.3 Å². The maximum atomic E-state index is 14.3. The number of imide groups is 1. The molecule has 258 valence electrons. The van der Waals surface area contributed by atoms with E-state index in [0.29, 0.717) is 4.90 Å². The lowest BCUT2D eigenvalue weighted by molar-refractivity contribution is -0.120. The van der Waals surface area contributed by atoms with Gasteiger partial charge in [-0.25, -0.2) is 32.9 Å². The van der Waals surface area contributed by atoms with Crippen LogP contribution in [0.15, 0.2) is 94.9 Å². The standard InChI is InChI=1S/C33H24ClN7O9S/c1-18(42)39-51(48,49)20-11-12-24(23(34)17-20)37-29(43)26(41-30(44)21-9-5-6-10-22(21)31(41)45)28-38-27-25(35-13-14-36-27)32(46)40(28)15-16-50-33(47)19-7-3-2-4-8-19/h2-14,17,26H,15-16H2,1H3,(H,37,43)(H,39,42). The number of hydrogen-bond donors (Lipinski definition) is 2. The topological polar surface area (TPSA) is 217 Å². The number of hydrogen-bond acceptors (Lipinski definition) is 12. The number of nitrogens with zero attached hydrogens (tertiary/aromatic N) is 5. The van der Waals surface area contributed by atoms with E-state index in [-0.39, 0.29) is 38.6 Å². The molecule has 0 aliphatic carbocycles. The van der Waals surface area contributed by atoms with Crippen LogP contribution in [-0.2, 0) is 30.9 Å². The first-order valence-corrected chi connectivity index (χ1v) is 16.8. The number of aromatic nitrogens is 4. The van der Waals surface area contributed by atoms with Gasteiger partial charge in [-0.3, -0.25) is 33.4 Å². The van der Waals surface area contributed by atoms with Crippen molar-refractivity contribution in [1.29, 1.82) is 0 Å². The zero-order valence-electron chi connectivity index (χ0n) is 26.3. The molecular formula is C33H24ClN7O9S. The van der Waals surface area contributed by atoms with Crippen molar-refractivity contribution in [3.8, 4) is 0 Å². The fourth-order valence-corrected chi connectivity index (χ4v) is 6.59. The van der Waals surface area contributed by atoms with Gasteiger partial charge in [-0.15, -0.1) is 0 Å². The van der Waals surface area contributed by atoms with Crippen LogP contribution in [0.5, 0.6) is 0 Å². The Morgan fingerprint density at radius 2 is 1.55 bits per heavy atom. The van der Waals surface area contributed by atoms with Gasteiger partial charge in [-0.2, -0.15) is 0 Å². The highest BCUT2D eigenvalue weighted by Crippen LogP contribution is 2.33. The molecule has 6 rings (SSSR count). The fraction of sp³-hybridized carbons (Fsp3) is 0.121. The van der Waals surface area contributed by atoms with Gasteiger partial charge >= 0.3 is 5.97 Å². The van der Waals surface area contributed by atoms with E-state index < -0.39 is 75.1 Å². The summed E-state index contributed by atoms with van der Waals surface area (Å²) in [6, 6.07) is 15.1. The summed E-state index contributed by atoms with van der Waals surface area (Å²) < 4.78 is 33.2. The van der Waals surface area contributed by atoms with E-state index in [1.54, 1.807) is 22.9 Å². The van der Waals surface area contributed by atoms with Gasteiger partial charge in [0.05, 0.1) is 38.8 Å². The number of fused-ring (bicyclic) bond motifs is 2. The number of rotatable bonds is 10. The Kier molecular flexibility index (Phi) is 9.40. The summed E-state index contributed by atoms with van der Waals surface area (Å²) in [4.78, 5) is 92.7. The average molecular weight is 730 g/mol. The van der Waals surface area contributed by atoms with Crippen LogP contribution in [-0.4, -0.2) is 69.0 Å². The molecule has 0 saturated heterocycles. The fourth-order valence-electron chi connectivity index (χ4n) is 5.28. The molecule has 51 heavy (non-hydrogen) atoms. The molecule has 0 fully saturated rings. The summed E-state index contributed by atoms with van der Waals surface area (Å²) in [5, 5.41) is 2.19. The monoisotopic (exact) mass is 729 g/mol. The first kappa shape index (κ1) is 34.5. The Balaban J connectivity index is 1.44. The van der Waals surface area contributed by atoms with Gasteiger partial charge in [-0.1, -0.05) is 41.9 Å². The summed E-state index contributed by atoms with van der Waals surface area (Å²) >= 11 is 6.36. The summed E-state index contributed by atoms with van der Waals surface area (Å²) in [7, 11) is -4.30. The van der Waals surface area contributed by atoms with Crippen LogP contribution >= 0.6 is 11.6 Å². The predicted octanol–water partition coefficient (Wildman–Crippen LogP) is 2.50. The minimum Gasteiger partial charge on any atom is -0.460 e. The lowest BCUT2D eigenvalue weighted by Gasteiger charge is -2.27. The van der Waals surface area contributed by atoms with Crippen molar-refractivity contribution in [2.24, 2.45) is 0 Å². The van der Waals surface area contributed by atoms with Crippen LogP contribution in [0, 0.1) is 0 Å². The second kappa shape index (κ2) is 13.9. The van der Waals surface area contributed by atoms with E-state index in [9.17, 15) is 37.2 Å². The highest BCUT2D eigenvalue weighted by atomic mass is 35.5. The van der Waals surface area contributed by atoms with Crippen molar-refractivity contribution >= 4 is 68.1 Å². The number of ether oxygens (including phenoxy) is 1. The van der Waals surface area contributed by atoms with E-state index >= 15 is 0 Å². The molecule has 1 aliphatic heterocycles. The van der Waals surface area contributed by atoms with E-state index in [2.05, 4.69) is 20.3 Å². The predicted molar refractivity (Wildman–Crippen MR) is 179 cm³/mol. The zero-order valence-corrected chi connectivity index (χ0v) is 27.8. The number of halogens is 1. The highest BCUT2D eigenvalue weighted by Gasteiger charge is 2.46. The Morgan fingerprint density at radius 1 is 0.902 bits per heavy atom. The van der Waals surface area contributed by atoms with Crippen molar-refractivity contribution in [1.82, 2.24) is 29.1 Å². The van der Waals surface area contributed by atoms with Crippen LogP contribution in [0.2, 0.25) is 5.02 Å². The van der Waals surface area contributed by atoms with E-state index in [1.165, 1.54) is 48.8 Å². The molecule has 16 nitrogen and oxygen atoms in total. The molecule has 0 radical (unpaired) electrons. The first-order valence-electron chi connectivity index (χ1n) is 14.9. The largest absolute Gasteiger partial charge is 0.460 e. The second-order valence-corrected chi connectivity index (χ2v) is 13.0. The lowest BCUT2D eigenvalue weighted by atomic mass is 10.1. The molecule has 3 aromatic carbocycles. The number of nitrogens with one attached hydrogen (secondary N) is 2. The van der Waals surface area contributed by atoms with Crippen molar-refractivity contribution in [2.75, 3.05) is 11.9 Å². The number of carbonyl (C=O) groups is 5. The molecule has 1 aliphatic rings. The molecule has 2 N–H and O–H groups in total. The van der Waals surface area contributed by atoms with Crippen molar-refractivity contribution in [2.45, 2.75) is 24.4 Å². The van der Waals surface area contributed by atoms with Crippen molar-refractivity contribution in [3.63, 3.8) is 0 Å². The third kappa shape index (κ3) is 6.79. The van der Waals surface area contributed by atoms with Crippen LogP contribution in [0.1, 0.15) is 49.9 Å².